The van der Waals surface area contributed by atoms with Gasteiger partial charge in [0.2, 0.25) is 0 Å². The Labute approximate surface area is 137 Å². The molecule has 0 radical (unpaired) electrons. The van der Waals surface area contributed by atoms with Gasteiger partial charge in [0.25, 0.3) is 0 Å². The fraction of sp³-hybridized carbons (Fsp3) is 1.00. The molecule has 12 N–H and O–H groups in total. The molecule has 0 aromatic heterocycles. The van der Waals surface area contributed by atoms with E-state index in [1.54, 1.807) is 0 Å². The van der Waals surface area contributed by atoms with E-state index in [4.69, 9.17) is 0 Å². The van der Waals surface area contributed by atoms with Crippen LogP contribution < -0.4 is 68.9 Å². The maximum absolute atomic E-state index is 9.69. The molecule has 0 spiro atoms. The van der Waals surface area contributed by atoms with Crippen molar-refractivity contribution < 1.29 is 111 Å². The Morgan fingerprint density at radius 2 is 1.06 bits per heavy atom. The number of rotatable bonds is 2. The maximum atomic E-state index is 9.69. The molecule has 98 valence electrons. The van der Waals surface area contributed by atoms with Gasteiger partial charge in [-0.1, -0.05) is 0 Å². The Balaban J connectivity index is -0.00000000875. The summed E-state index contributed by atoms with van der Waals surface area (Å²) < 4.78 is 13.6. The Morgan fingerprint density at radius 1 is 0.875 bits per heavy atom. The minimum atomic E-state index is -4.72. The summed E-state index contributed by atoms with van der Waals surface area (Å²) in [4.78, 5) is 19.4. The van der Waals surface area contributed by atoms with E-state index in [1.807, 2.05) is 0 Å². The third-order valence-corrected chi connectivity index (χ3v) is 1.02. The zero-order valence-electron chi connectivity index (χ0n) is 9.66. The molecule has 0 unspecified atom stereocenters. The summed E-state index contributed by atoms with van der Waals surface area (Å²) in [5.41, 5.74) is 0. The molecule has 0 rings (SSSR count). The monoisotopic (exact) mass is 292 g/mol. The van der Waals surface area contributed by atoms with E-state index >= 15 is 0 Å². The molecule has 0 heterocycles. The predicted molar refractivity (Wildman–Crippen MR) is 45.5 cm³/mol. The van der Waals surface area contributed by atoms with Crippen molar-refractivity contribution in [2.24, 2.45) is 0 Å². The molecule has 0 bridgehead atoms. The van der Waals surface area contributed by atoms with Gasteiger partial charge in [0.05, 0.1) is 13.9 Å². The van der Waals surface area contributed by atoms with Crippen molar-refractivity contribution >= 4 is 7.82 Å². The van der Waals surface area contributed by atoms with Crippen molar-refractivity contribution in [1.29, 1.82) is 0 Å². The summed E-state index contributed by atoms with van der Waals surface area (Å²) >= 11 is 0. The summed E-state index contributed by atoms with van der Waals surface area (Å²) in [5.74, 6) is 0. The van der Waals surface area contributed by atoms with Crippen LogP contribution in [0.4, 0.5) is 0 Å². The molecule has 0 aliphatic rings. The van der Waals surface area contributed by atoms with Gasteiger partial charge in [-0.05, 0) is 13.8 Å². The van der Waals surface area contributed by atoms with Gasteiger partial charge in [0, 0.05) is 0 Å². The third-order valence-electron chi connectivity index (χ3n) is 0.340. The summed E-state index contributed by atoms with van der Waals surface area (Å²) in [5, 5.41) is 0. The van der Waals surface area contributed by atoms with Crippen LogP contribution in [0.2, 0.25) is 0 Å². The molecule has 0 aliphatic carbocycles. The van der Waals surface area contributed by atoms with Crippen molar-refractivity contribution in [1.82, 2.24) is 0 Å². The maximum Gasteiger partial charge on any atom is 1.00 e. The Morgan fingerprint density at radius 3 is 1.06 bits per heavy atom. The fourth-order valence-corrected chi connectivity index (χ4v) is 0.775. The fourth-order valence-electron chi connectivity index (χ4n) is 0.258. The summed E-state index contributed by atoms with van der Waals surface area (Å²) in [7, 11) is -4.72. The van der Waals surface area contributed by atoms with Gasteiger partial charge in [-0.2, -0.15) is 0 Å². The summed E-state index contributed by atoms with van der Waals surface area (Å²) in [6.07, 6.45) is -0.546. The smallest absolute Gasteiger partial charge is 0.790 e. The van der Waals surface area contributed by atoms with E-state index in [0.29, 0.717) is 0 Å². The topological polar surface area (TPSA) is 261 Å². The quantitative estimate of drug-likeness (QED) is 0.354. The van der Waals surface area contributed by atoms with Crippen LogP contribution in [0.15, 0.2) is 0 Å². The van der Waals surface area contributed by atoms with Crippen LogP contribution >= 0.6 is 7.82 Å². The molecular formula is C3H19Na2O10P. The Bertz CT molecular complexity index is 117. The van der Waals surface area contributed by atoms with Gasteiger partial charge in [0.15, 0.2) is 0 Å². The van der Waals surface area contributed by atoms with Gasteiger partial charge >= 0.3 is 59.1 Å². The first-order valence-electron chi connectivity index (χ1n) is 2.12. The van der Waals surface area contributed by atoms with E-state index in [0.717, 1.165) is 0 Å². The molecule has 0 fully saturated rings. The average molecular weight is 292 g/mol. The number of hydrogen-bond donors (Lipinski definition) is 0. The van der Waals surface area contributed by atoms with E-state index in [2.05, 4.69) is 4.52 Å². The second-order valence-corrected chi connectivity index (χ2v) is 2.71. The average Bonchev–Trinajstić information content (AvgIpc) is 1.21. The largest absolute Gasteiger partial charge is 1.00 e. The first kappa shape index (κ1) is 64.6. The molecule has 0 saturated carbocycles. The first-order chi connectivity index (χ1) is 3.42. The van der Waals surface area contributed by atoms with Gasteiger partial charge < -0.3 is 51.7 Å². The van der Waals surface area contributed by atoms with E-state index in [1.165, 1.54) is 13.8 Å². The molecule has 0 amide bonds. The normalized spacial score (nSPS) is 6.31. The molecule has 0 saturated heterocycles. The zero-order valence-corrected chi connectivity index (χ0v) is 14.6. The van der Waals surface area contributed by atoms with E-state index in [9.17, 15) is 14.4 Å². The molecule has 0 aliphatic heterocycles. The minimum Gasteiger partial charge on any atom is -0.790 e. The third kappa shape index (κ3) is 74.4. The summed E-state index contributed by atoms with van der Waals surface area (Å²) in [6.45, 7) is 2.95. The molecule has 16 heavy (non-hydrogen) atoms. The van der Waals surface area contributed by atoms with E-state index in [-0.39, 0.29) is 92.0 Å². The van der Waals surface area contributed by atoms with Crippen molar-refractivity contribution in [3.63, 3.8) is 0 Å². The van der Waals surface area contributed by atoms with Gasteiger partial charge in [-0.25, -0.2) is 0 Å². The van der Waals surface area contributed by atoms with E-state index < -0.39 is 13.9 Å². The molecule has 10 nitrogen and oxygen atoms in total. The zero-order chi connectivity index (χ0) is 6.78. The number of phosphoric ester groups is 1. The van der Waals surface area contributed by atoms with Gasteiger partial charge in [-0.15, -0.1) is 0 Å². The number of hydrogen-bond acceptors (Lipinski definition) is 4. The van der Waals surface area contributed by atoms with Crippen molar-refractivity contribution in [3.05, 3.63) is 0 Å². The van der Waals surface area contributed by atoms with Crippen LogP contribution in [-0.4, -0.2) is 39.0 Å². The number of phosphoric acid groups is 1. The van der Waals surface area contributed by atoms with Crippen LogP contribution in [0.5, 0.6) is 0 Å². The van der Waals surface area contributed by atoms with Gasteiger partial charge in [-0.3, -0.25) is 0 Å². The minimum absolute atomic E-state index is 0. The molecule has 0 aromatic rings. The Hall–Kier alpha value is 1.87. The van der Waals surface area contributed by atoms with Crippen LogP contribution in [0, 0.1) is 0 Å². The van der Waals surface area contributed by atoms with Crippen molar-refractivity contribution in [3.8, 4) is 0 Å². The standard InChI is InChI=1S/C3H9O4P.2Na.6H2O/c1-3(2)7-8(4,5)6;;;;;;;;/h3H,1-2H3,(H2,4,5,6);;;6*1H2/q;2*+1;;;;;;/p-2. The predicted octanol–water partition coefficient (Wildman–Crippen LogP) is -11.7. The van der Waals surface area contributed by atoms with Crippen LogP contribution in [0.25, 0.3) is 0 Å². The van der Waals surface area contributed by atoms with Crippen molar-refractivity contribution in [2.45, 2.75) is 20.0 Å². The molecule has 0 atom stereocenters. The Kier molecular flexibility index (Phi) is 122. The SMILES string of the molecule is CC(C)OP(=O)([O-])[O-].O.O.O.O.O.O.[Na+].[Na+]. The molecular weight excluding hydrogens is 273 g/mol. The second-order valence-electron chi connectivity index (χ2n) is 1.60. The van der Waals surface area contributed by atoms with Gasteiger partial charge in [0.1, 0.15) is 0 Å². The molecule has 0 aromatic carbocycles. The van der Waals surface area contributed by atoms with Crippen molar-refractivity contribution in [2.75, 3.05) is 0 Å². The van der Waals surface area contributed by atoms with Crippen LogP contribution in [0.3, 0.4) is 0 Å². The van der Waals surface area contributed by atoms with Crippen LogP contribution in [0.1, 0.15) is 13.8 Å². The first-order valence-corrected chi connectivity index (χ1v) is 3.58. The second kappa shape index (κ2) is 30.2. The summed E-state index contributed by atoms with van der Waals surface area (Å²) in [6, 6.07) is 0. The van der Waals surface area contributed by atoms with Crippen LogP contribution in [-0.2, 0) is 9.09 Å². The molecule has 13 heteroatoms.